The van der Waals surface area contributed by atoms with Crippen LogP contribution in [-0.2, 0) is 0 Å². The first-order valence-corrected chi connectivity index (χ1v) is 7.05. The first kappa shape index (κ1) is 14.0. The van der Waals surface area contributed by atoms with Gasteiger partial charge in [0.05, 0.1) is 5.60 Å². The lowest BCUT2D eigenvalue weighted by molar-refractivity contribution is -0.0705. The van der Waals surface area contributed by atoms with E-state index in [1.165, 1.54) is 32.1 Å². The van der Waals surface area contributed by atoms with E-state index in [1.807, 2.05) is 0 Å². The van der Waals surface area contributed by atoms with Gasteiger partial charge >= 0.3 is 0 Å². The Hall–Kier alpha value is -0.0800. The summed E-state index contributed by atoms with van der Waals surface area (Å²) < 4.78 is 0. The van der Waals surface area contributed by atoms with Crippen LogP contribution in [0, 0.1) is 11.8 Å². The highest BCUT2D eigenvalue weighted by atomic mass is 16.3. The topological polar surface area (TPSA) is 46.2 Å². The van der Waals surface area contributed by atoms with Crippen molar-refractivity contribution in [2.45, 2.75) is 70.8 Å². The predicted octanol–water partition coefficient (Wildman–Crippen LogP) is 3.08. The van der Waals surface area contributed by atoms with E-state index in [4.69, 9.17) is 5.73 Å². The molecule has 2 nitrogen and oxygen atoms in total. The van der Waals surface area contributed by atoms with Crippen molar-refractivity contribution in [2.75, 3.05) is 6.54 Å². The normalized spacial score (nSPS) is 24.0. The Bertz CT molecular complexity index is 179. The average molecular weight is 227 g/mol. The summed E-state index contributed by atoms with van der Waals surface area (Å²) in [4.78, 5) is 0. The molecule has 0 bridgehead atoms. The molecule has 0 spiro atoms. The van der Waals surface area contributed by atoms with Gasteiger partial charge in [0.15, 0.2) is 0 Å². The molecule has 0 aliphatic heterocycles. The fraction of sp³-hybridized carbons (Fsp3) is 1.00. The molecule has 1 aliphatic carbocycles. The maximum atomic E-state index is 10.8. The van der Waals surface area contributed by atoms with E-state index in [0.29, 0.717) is 18.4 Å². The zero-order valence-corrected chi connectivity index (χ0v) is 11.0. The maximum absolute atomic E-state index is 10.8. The fourth-order valence-electron chi connectivity index (χ4n) is 3.30. The fourth-order valence-corrected chi connectivity index (χ4v) is 3.30. The number of nitrogens with two attached hydrogens (primary N) is 1. The Morgan fingerprint density at radius 1 is 1.25 bits per heavy atom. The lowest BCUT2D eigenvalue weighted by Gasteiger charge is -2.41. The van der Waals surface area contributed by atoms with Crippen molar-refractivity contribution >= 4 is 0 Å². The second-order valence-electron chi connectivity index (χ2n) is 5.62. The summed E-state index contributed by atoms with van der Waals surface area (Å²) in [7, 11) is 0. The summed E-state index contributed by atoms with van der Waals surface area (Å²) in [6, 6.07) is 0. The van der Waals surface area contributed by atoms with Crippen LogP contribution in [0.2, 0.25) is 0 Å². The molecule has 1 rings (SSSR count). The molecule has 96 valence electrons. The van der Waals surface area contributed by atoms with Crippen molar-refractivity contribution in [2.24, 2.45) is 17.6 Å². The zero-order valence-electron chi connectivity index (χ0n) is 11.0. The standard InChI is InChI=1S/C14H29NO/c1-3-7-12(10-11-15)14(2,16)13-8-5-4-6-9-13/h12-13,16H,3-11,15H2,1-2H3. The minimum atomic E-state index is -0.490. The monoisotopic (exact) mass is 227 g/mol. The van der Waals surface area contributed by atoms with Gasteiger partial charge in [-0.15, -0.1) is 0 Å². The van der Waals surface area contributed by atoms with Crippen molar-refractivity contribution < 1.29 is 5.11 Å². The van der Waals surface area contributed by atoms with Gasteiger partial charge in [0, 0.05) is 0 Å². The summed E-state index contributed by atoms with van der Waals surface area (Å²) in [6.07, 6.45) is 9.58. The molecule has 2 unspecified atom stereocenters. The van der Waals surface area contributed by atoms with Crippen LogP contribution >= 0.6 is 0 Å². The Morgan fingerprint density at radius 2 is 1.88 bits per heavy atom. The summed E-state index contributed by atoms with van der Waals surface area (Å²) in [5, 5.41) is 10.8. The summed E-state index contributed by atoms with van der Waals surface area (Å²) >= 11 is 0. The molecule has 1 aliphatic rings. The molecule has 0 radical (unpaired) electrons. The second-order valence-corrected chi connectivity index (χ2v) is 5.62. The third-order valence-electron chi connectivity index (χ3n) is 4.41. The number of hydrogen-bond acceptors (Lipinski definition) is 2. The summed E-state index contributed by atoms with van der Waals surface area (Å²) in [5.41, 5.74) is 5.18. The zero-order chi connectivity index (χ0) is 12.0. The molecular weight excluding hydrogens is 198 g/mol. The van der Waals surface area contributed by atoms with E-state index >= 15 is 0 Å². The van der Waals surface area contributed by atoms with Crippen LogP contribution in [-0.4, -0.2) is 17.3 Å². The predicted molar refractivity (Wildman–Crippen MR) is 69.3 cm³/mol. The minimum Gasteiger partial charge on any atom is -0.390 e. The highest BCUT2D eigenvalue weighted by molar-refractivity contribution is 4.90. The molecular formula is C14H29NO. The SMILES string of the molecule is CCCC(CCN)C(C)(O)C1CCCCC1. The molecule has 0 aromatic rings. The molecule has 2 atom stereocenters. The van der Waals surface area contributed by atoms with Gasteiger partial charge in [0.1, 0.15) is 0 Å². The van der Waals surface area contributed by atoms with E-state index in [2.05, 4.69) is 13.8 Å². The molecule has 0 heterocycles. The molecule has 1 fully saturated rings. The lowest BCUT2D eigenvalue weighted by Crippen LogP contribution is -2.44. The van der Waals surface area contributed by atoms with Gasteiger partial charge in [0.25, 0.3) is 0 Å². The molecule has 16 heavy (non-hydrogen) atoms. The minimum absolute atomic E-state index is 0.394. The van der Waals surface area contributed by atoms with Crippen molar-refractivity contribution in [3.05, 3.63) is 0 Å². The molecule has 0 amide bonds. The largest absolute Gasteiger partial charge is 0.390 e. The van der Waals surface area contributed by atoms with Gasteiger partial charge in [-0.2, -0.15) is 0 Å². The van der Waals surface area contributed by atoms with E-state index in [0.717, 1.165) is 19.3 Å². The summed E-state index contributed by atoms with van der Waals surface area (Å²) in [5.74, 6) is 0.898. The Balaban J connectivity index is 2.61. The van der Waals surface area contributed by atoms with Crippen molar-refractivity contribution in [3.8, 4) is 0 Å². The summed E-state index contributed by atoms with van der Waals surface area (Å²) in [6.45, 7) is 4.95. The van der Waals surface area contributed by atoms with E-state index < -0.39 is 5.60 Å². The third kappa shape index (κ3) is 3.46. The molecule has 3 N–H and O–H groups in total. The Labute approximate surface area is 101 Å². The van der Waals surface area contributed by atoms with Crippen molar-refractivity contribution in [1.82, 2.24) is 0 Å². The van der Waals surface area contributed by atoms with Gasteiger partial charge in [-0.3, -0.25) is 0 Å². The van der Waals surface area contributed by atoms with Crippen LogP contribution in [0.15, 0.2) is 0 Å². The third-order valence-corrected chi connectivity index (χ3v) is 4.41. The van der Waals surface area contributed by atoms with E-state index in [9.17, 15) is 5.11 Å². The molecule has 0 saturated heterocycles. The van der Waals surface area contributed by atoms with Crippen LogP contribution in [0.1, 0.15) is 65.2 Å². The highest BCUT2D eigenvalue weighted by Crippen LogP contribution is 2.39. The Kier molecular flexibility index (Phi) is 5.77. The van der Waals surface area contributed by atoms with Gasteiger partial charge in [-0.1, -0.05) is 32.6 Å². The van der Waals surface area contributed by atoms with Crippen LogP contribution in [0.4, 0.5) is 0 Å². The van der Waals surface area contributed by atoms with Crippen LogP contribution in [0.25, 0.3) is 0 Å². The smallest absolute Gasteiger partial charge is 0.0676 e. The van der Waals surface area contributed by atoms with Gasteiger partial charge in [0.2, 0.25) is 0 Å². The van der Waals surface area contributed by atoms with Gasteiger partial charge < -0.3 is 10.8 Å². The molecule has 0 aromatic heterocycles. The van der Waals surface area contributed by atoms with E-state index in [-0.39, 0.29) is 0 Å². The maximum Gasteiger partial charge on any atom is 0.0676 e. The molecule has 0 aromatic carbocycles. The second kappa shape index (κ2) is 6.61. The number of hydrogen-bond donors (Lipinski definition) is 2. The van der Waals surface area contributed by atoms with Crippen molar-refractivity contribution in [3.63, 3.8) is 0 Å². The number of rotatable bonds is 6. The first-order valence-electron chi connectivity index (χ1n) is 7.05. The van der Waals surface area contributed by atoms with Crippen LogP contribution < -0.4 is 5.73 Å². The van der Waals surface area contributed by atoms with Crippen LogP contribution in [0.3, 0.4) is 0 Å². The molecule has 2 heteroatoms. The first-order chi connectivity index (χ1) is 7.62. The average Bonchev–Trinajstić information content (AvgIpc) is 2.30. The van der Waals surface area contributed by atoms with Gasteiger partial charge in [-0.25, -0.2) is 0 Å². The Morgan fingerprint density at radius 3 is 2.38 bits per heavy atom. The highest BCUT2D eigenvalue weighted by Gasteiger charge is 2.38. The lowest BCUT2D eigenvalue weighted by atomic mass is 9.69. The molecule has 1 saturated carbocycles. The number of aliphatic hydroxyl groups is 1. The van der Waals surface area contributed by atoms with Gasteiger partial charge in [-0.05, 0) is 51.0 Å². The van der Waals surface area contributed by atoms with Crippen LogP contribution in [0.5, 0.6) is 0 Å². The quantitative estimate of drug-likeness (QED) is 0.732. The van der Waals surface area contributed by atoms with E-state index in [1.54, 1.807) is 0 Å². The van der Waals surface area contributed by atoms with Crippen molar-refractivity contribution in [1.29, 1.82) is 0 Å².